The molecule has 3 N–H and O–H groups in total. The van der Waals surface area contributed by atoms with Crippen molar-refractivity contribution >= 4 is 35.2 Å². The van der Waals surface area contributed by atoms with Gasteiger partial charge in [0.1, 0.15) is 0 Å². The van der Waals surface area contributed by atoms with Crippen molar-refractivity contribution in [1.29, 1.82) is 0 Å². The lowest BCUT2D eigenvalue weighted by Crippen LogP contribution is -2.52. The summed E-state index contributed by atoms with van der Waals surface area (Å²) in [6.45, 7) is 0.687. The number of nitrogen functional groups attached to an aromatic ring is 1. The van der Waals surface area contributed by atoms with Crippen molar-refractivity contribution in [2.75, 3.05) is 23.8 Å². The highest BCUT2D eigenvalue weighted by Crippen LogP contribution is 2.28. The molecule has 0 aliphatic carbocycles. The van der Waals surface area contributed by atoms with Crippen LogP contribution in [0.2, 0.25) is 0 Å². The highest BCUT2D eigenvalue weighted by Gasteiger charge is 2.43. The van der Waals surface area contributed by atoms with Crippen LogP contribution in [-0.2, 0) is 4.79 Å². The van der Waals surface area contributed by atoms with Crippen molar-refractivity contribution in [3.05, 3.63) is 29.3 Å². The van der Waals surface area contributed by atoms with Gasteiger partial charge >= 0.3 is 0 Å². The van der Waals surface area contributed by atoms with Gasteiger partial charge in [-0.2, -0.15) is 11.8 Å². The first-order chi connectivity index (χ1) is 9.61. The Morgan fingerprint density at radius 1 is 1.35 bits per heavy atom. The number of carbonyl (C=O) groups excluding carboxylic acids is 3. The SMILES string of the molecule is Nc1cccc2c1C(=O)N(C(=O)C1CSCCN1)C2=O. The molecule has 0 aromatic heterocycles. The van der Waals surface area contributed by atoms with E-state index in [2.05, 4.69) is 5.32 Å². The van der Waals surface area contributed by atoms with E-state index >= 15 is 0 Å². The molecule has 0 bridgehead atoms. The van der Waals surface area contributed by atoms with Crippen LogP contribution in [0, 0.1) is 0 Å². The number of fused-ring (bicyclic) bond motifs is 1. The lowest BCUT2D eigenvalue weighted by molar-refractivity contribution is -0.127. The van der Waals surface area contributed by atoms with Crippen molar-refractivity contribution in [2.45, 2.75) is 6.04 Å². The summed E-state index contributed by atoms with van der Waals surface area (Å²) in [6, 6.07) is 4.16. The van der Waals surface area contributed by atoms with Crippen LogP contribution in [0.15, 0.2) is 18.2 Å². The molecule has 2 aliphatic heterocycles. The monoisotopic (exact) mass is 291 g/mol. The first-order valence-corrected chi connectivity index (χ1v) is 7.39. The molecule has 1 fully saturated rings. The second-order valence-corrected chi connectivity index (χ2v) is 5.79. The first kappa shape index (κ1) is 13.1. The Hall–Kier alpha value is -1.86. The van der Waals surface area contributed by atoms with E-state index < -0.39 is 23.8 Å². The fourth-order valence-electron chi connectivity index (χ4n) is 2.39. The topological polar surface area (TPSA) is 92.5 Å². The van der Waals surface area contributed by atoms with E-state index in [0.29, 0.717) is 17.2 Å². The van der Waals surface area contributed by atoms with Gasteiger partial charge in [-0.1, -0.05) is 6.07 Å². The number of hydrogen-bond acceptors (Lipinski definition) is 6. The second kappa shape index (κ2) is 4.92. The summed E-state index contributed by atoms with van der Waals surface area (Å²) in [5, 5.41) is 3.03. The Morgan fingerprint density at radius 2 is 2.15 bits per heavy atom. The third-order valence-electron chi connectivity index (χ3n) is 3.39. The fraction of sp³-hybridized carbons (Fsp3) is 0.308. The van der Waals surface area contributed by atoms with Gasteiger partial charge in [0.05, 0.1) is 17.2 Å². The van der Waals surface area contributed by atoms with Crippen LogP contribution in [-0.4, -0.2) is 46.7 Å². The van der Waals surface area contributed by atoms with Gasteiger partial charge in [0.25, 0.3) is 17.7 Å². The number of imide groups is 3. The first-order valence-electron chi connectivity index (χ1n) is 6.23. The summed E-state index contributed by atoms with van der Waals surface area (Å²) >= 11 is 1.62. The smallest absolute Gasteiger partial charge is 0.270 e. The number of thioether (sulfide) groups is 1. The average molecular weight is 291 g/mol. The number of hydrogen-bond donors (Lipinski definition) is 2. The molecule has 0 saturated carbocycles. The van der Waals surface area contributed by atoms with Crippen LogP contribution in [0.4, 0.5) is 5.69 Å². The van der Waals surface area contributed by atoms with E-state index in [1.807, 2.05) is 0 Å². The summed E-state index contributed by atoms with van der Waals surface area (Å²) in [4.78, 5) is 37.6. The number of benzene rings is 1. The fourth-order valence-corrected chi connectivity index (χ4v) is 3.32. The number of amides is 3. The Labute approximate surface area is 119 Å². The zero-order valence-corrected chi connectivity index (χ0v) is 11.4. The highest BCUT2D eigenvalue weighted by molar-refractivity contribution is 7.99. The maximum Gasteiger partial charge on any atom is 0.270 e. The molecule has 1 unspecified atom stereocenters. The third-order valence-corrected chi connectivity index (χ3v) is 4.45. The molecule has 6 nitrogen and oxygen atoms in total. The second-order valence-electron chi connectivity index (χ2n) is 4.64. The standard InChI is InChI=1S/C13H13N3O3S/c14-8-3-1-2-7-10(8)13(19)16(11(7)17)12(18)9-6-20-5-4-15-9/h1-3,9,15H,4-6,14H2. The molecular formula is C13H13N3O3S. The van der Waals surface area contributed by atoms with Crippen LogP contribution in [0.5, 0.6) is 0 Å². The van der Waals surface area contributed by atoms with Gasteiger partial charge in [0.15, 0.2) is 0 Å². The van der Waals surface area contributed by atoms with Crippen molar-refractivity contribution < 1.29 is 14.4 Å². The molecule has 1 atom stereocenters. The van der Waals surface area contributed by atoms with Crippen molar-refractivity contribution in [2.24, 2.45) is 0 Å². The minimum Gasteiger partial charge on any atom is -0.398 e. The molecule has 0 radical (unpaired) electrons. The van der Waals surface area contributed by atoms with E-state index in [0.717, 1.165) is 5.75 Å². The Morgan fingerprint density at radius 3 is 2.80 bits per heavy atom. The van der Waals surface area contributed by atoms with Crippen molar-refractivity contribution in [3.63, 3.8) is 0 Å². The normalized spacial score (nSPS) is 22.0. The van der Waals surface area contributed by atoms with E-state index in [1.165, 1.54) is 6.07 Å². The number of carbonyl (C=O) groups is 3. The zero-order valence-electron chi connectivity index (χ0n) is 10.6. The van der Waals surface area contributed by atoms with Crippen molar-refractivity contribution in [1.82, 2.24) is 10.2 Å². The Kier molecular flexibility index (Phi) is 3.23. The maximum absolute atomic E-state index is 12.4. The van der Waals surface area contributed by atoms with E-state index in [-0.39, 0.29) is 16.8 Å². The van der Waals surface area contributed by atoms with Gasteiger partial charge in [0, 0.05) is 23.7 Å². The number of rotatable bonds is 1. The molecule has 104 valence electrons. The largest absolute Gasteiger partial charge is 0.398 e. The van der Waals surface area contributed by atoms with Gasteiger partial charge < -0.3 is 11.1 Å². The third kappa shape index (κ3) is 1.90. The van der Waals surface area contributed by atoms with Gasteiger partial charge in [-0.25, -0.2) is 4.90 Å². The predicted molar refractivity (Wildman–Crippen MR) is 75.5 cm³/mol. The Balaban J connectivity index is 1.93. The minimum atomic E-state index is -0.620. The quantitative estimate of drug-likeness (QED) is 0.563. The van der Waals surface area contributed by atoms with Crippen LogP contribution >= 0.6 is 11.8 Å². The summed E-state index contributed by atoms with van der Waals surface area (Å²) < 4.78 is 0. The molecular weight excluding hydrogens is 278 g/mol. The van der Waals surface area contributed by atoms with Crippen molar-refractivity contribution in [3.8, 4) is 0 Å². The van der Waals surface area contributed by atoms with Crippen LogP contribution in [0.1, 0.15) is 20.7 Å². The number of nitrogens with two attached hydrogens (primary N) is 1. The van der Waals surface area contributed by atoms with Crippen LogP contribution in [0.3, 0.4) is 0 Å². The molecule has 2 heterocycles. The number of nitrogens with zero attached hydrogens (tertiary/aromatic N) is 1. The molecule has 1 aromatic carbocycles. The number of nitrogens with one attached hydrogen (secondary N) is 1. The summed E-state index contributed by atoms with van der Waals surface area (Å²) in [5.74, 6) is -0.228. The lowest BCUT2D eigenvalue weighted by atomic mass is 10.1. The molecule has 1 aromatic rings. The maximum atomic E-state index is 12.4. The Bertz CT molecular complexity index is 611. The van der Waals surface area contributed by atoms with Crippen LogP contribution in [0.25, 0.3) is 0 Å². The van der Waals surface area contributed by atoms with Crippen LogP contribution < -0.4 is 11.1 Å². The predicted octanol–water partition coefficient (Wildman–Crippen LogP) is 0.0964. The molecule has 0 spiro atoms. The highest BCUT2D eigenvalue weighted by atomic mass is 32.2. The summed E-state index contributed by atoms with van der Waals surface area (Å²) in [5.41, 5.74) is 6.29. The minimum absolute atomic E-state index is 0.134. The molecule has 3 rings (SSSR count). The van der Waals surface area contributed by atoms with Gasteiger partial charge in [-0.15, -0.1) is 0 Å². The van der Waals surface area contributed by atoms with Gasteiger partial charge in [0.2, 0.25) is 0 Å². The molecule has 20 heavy (non-hydrogen) atoms. The van der Waals surface area contributed by atoms with Gasteiger partial charge in [-0.05, 0) is 12.1 Å². The average Bonchev–Trinajstić information content (AvgIpc) is 2.72. The van der Waals surface area contributed by atoms with E-state index in [1.54, 1.807) is 23.9 Å². The zero-order chi connectivity index (χ0) is 14.3. The lowest BCUT2D eigenvalue weighted by Gasteiger charge is -2.24. The van der Waals surface area contributed by atoms with E-state index in [9.17, 15) is 14.4 Å². The van der Waals surface area contributed by atoms with E-state index in [4.69, 9.17) is 5.73 Å². The molecule has 7 heteroatoms. The summed E-state index contributed by atoms with van der Waals surface area (Å²) in [6.07, 6.45) is 0. The van der Waals surface area contributed by atoms with Gasteiger partial charge in [-0.3, -0.25) is 14.4 Å². The summed E-state index contributed by atoms with van der Waals surface area (Å²) in [7, 11) is 0. The molecule has 2 aliphatic rings. The molecule has 1 saturated heterocycles. The number of anilines is 1. The molecule has 3 amide bonds.